The molecule has 110 valence electrons. The van der Waals surface area contributed by atoms with Gasteiger partial charge < -0.3 is 16.3 Å². The Morgan fingerprint density at radius 1 is 0.895 bits per heavy atom. The van der Waals surface area contributed by atoms with Gasteiger partial charge in [0, 0.05) is 5.97 Å². The molecule has 2 nitrogen and oxygen atoms in total. The maximum atomic E-state index is 10.0. The Hall–Kier alpha value is 0.0934. The van der Waals surface area contributed by atoms with E-state index < -0.39 is 5.97 Å². The van der Waals surface area contributed by atoms with Crippen molar-refractivity contribution in [3.05, 3.63) is 6.42 Å². The van der Waals surface area contributed by atoms with Crippen molar-refractivity contribution < 1.29 is 29.4 Å². The second-order valence-electron chi connectivity index (χ2n) is 4.79. The van der Waals surface area contributed by atoms with E-state index in [0.29, 0.717) is 0 Å². The smallest absolute Gasteiger partial charge is 0.550 e. The fraction of sp³-hybridized carbons (Fsp3) is 0.875. The number of hydrogen-bond acceptors (Lipinski definition) is 2. The van der Waals surface area contributed by atoms with Gasteiger partial charge in [0.15, 0.2) is 0 Å². The molecule has 0 amide bonds. The molecule has 0 aromatic carbocycles. The molecule has 0 aliphatic heterocycles. The van der Waals surface area contributed by atoms with Gasteiger partial charge in [-0.15, -0.1) is 0 Å². The molecule has 0 rings (SSSR count). The van der Waals surface area contributed by atoms with Crippen LogP contribution in [0, 0.1) is 6.42 Å². The summed E-state index contributed by atoms with van der Waals surface area (Å²) in [5.74, 6) is -0.913. The second kappa shape index (κ2) is 23.2. The van der Waals surface area contributed by atoms with Crippen LogP contribution in [0.2, 0.25) is 0 Å². The molecule has 0 radical (unpaired) electrons. The summed E-state index contributed by atoms with van der Waals surface area (Å²) in [6.07, 6.45) is 14.5. The van der Waals surface area contributed by atoms with E-state index in [2.05, 4.69) is 27.2 Å². The van der Waals surface area contributed by atoms with Crippen LogP contribution in [0.1, 0.15) is 91.4 Å². The number of unbranched alkanes of at least 4 members (excludes halogenated alkanes) is 9. The molecular formula is C16H32O2Zn. The molecule has 0 aliphatic rings. The molecule has 0 unspecified atom stereocenters. The molecule has 19 heavy (non-hydrogen) atoms. The number of carboxylic acids is 1. The first-order valence-corrected chi connectivity index (χ1v) is 7.66. The summed E-state index contributed by atoms with van der Waals surface area (Å²) in [5.41, 5.74) is 0. The standard InChI is InChI=1S/C10H20O2.C6H13.Zn/c1-2-3-4-5-6-7-8-9-10(11)12;1-3-5-6-4-2;/h2-9H2,1H3,(H,11,12);3H,4-6H2,1-2H3;/q;-1;+2/p-1. The first kappa shape index (κ1) is 24.1. The van der Waals surface area contributed by atoms with E-state index in [9.17, 15) is 9.90 Å². The van der Waals surface area contributed by atoms with Crippen molar-refractivity contribution in [2.24, 2.45) is 0 Å². The number of rotatable bonds is 11. The zero-order chi connectivity index (χ0) is 14.1. The molecule has 0 aromatic rings. The van der Waals surface area contributed by atoms with Gasteiger partial charge in [-0.2, -0.15) is 13.3 Å². The third-order valence-corrected chi connectivity index (χ3v) is 2.83. The predicted molar refractivity (Wildman–Crippen MR) is 77.1 cm³/mol. The Labute approximate surface area is 133 Å². The monoisotopic (exact) mass is 320 g/mol. The Morgan fingerprint density at radius 3 is 1.74 bits per heavy atom. The first-order valence-electron chi connectivity index (χ1n) is 7.66. The predicted octanol–water partition coefficient (Wildman–Crippen LogP) is 4.28. The Bertz CT molecular complexity index is 157. The van der Waals surface area contributed by atoms with Crippen molar-refractivity contribution in [3.8, 4) is 0 Å². The fourth-order valence-corrected chi connectivity index (χ4v) is 1.63. The van der Waals surface area contributed by atoms with Gasteiger partial charge in [0.25, 0.3) is 0 Å². The molecule has 0 aromatic heterocycles. The second-order valence-corrected chi connectivity index (χ2v) is 4.79. The molecule has 0 aliphatic carbocycles. The largest absolute Gasteiger partial charge is 2.00 e. The Kier molecular flexibility index (Phi) is 29.5. The van der Waals surface area contributed by atoms with Crippen molar-refractivity contribution in [3.63, 3.8) is 0 Å². The van der Waals surface area contributed by atoms with E-state index in [1.807, 2.05) is 0 Å². The van der Waals surface area contributed by atoms with Gasteiger partial charge in [-0.1, -0.05) is 65.2 Å². The SMILES string of the molecule is CCCCCCCCCC(=O)[O-].C[CH-]CCCC.[Zn+2]. The summed E-state index contributed by atoms with van der Waals surface area (Å²) in [7, 11) is 0. The van der Waals surface area contributed by atoms with Gasteiger partial charge in [-0.05, 0) is 12.8 Å². The summed E-state index contributed by atoms with van der Waals surface area (Å²) in [5, 5.41) is 10.0. The van der Waals surface area contributed by atoms with Gasteiger partial charge in [0.1, 0.15) is 0 Å². The summed E-state index contributed by atoms with van der Waals surface area (Å²) in [6.45, 7) is 6.51. The molecule has 0 bridgehead atoms. The van der Waals surface area contributed by atoms with Gasteiger partial charge in [0.2, 0.25) is 0 Å². The van der Waals surface area contributed by atoms with Gasteiger partial charge >= 0.3 is 19.5 Å². The maximum Gasteiger partial charge on any atom is 2.00 e. The number of aliphatic carboxylic acids is 1. The van der Waals surface area contributed by atoms with E-state index in [1.54, 1.807) is 0 Å². The molecule has 0 spiro atoms. The third kappa shape index (κ3) is 32.0. The van der Waals surface area contributed by atoms with Crippen LogP contribution in [-0.2, 0) is 24.3 Å². The molecule has 0 heterocycles. The van der Waals surface area contributed by atoms with Gasteiger partial charge in [-0.3, -0.25) is 0 Å². The number of carbonyl (C=O) groups is 1. The fourth-order valence-electron chi connectivity index (χ4n) is 1.63. The minimum absolute atomic E-state index is 0. The first-order chi connectivity index (χ1) is 8.68. The van der Waals surface area contributed by atoms with Crippen molar-refractivity contribution in [2.45, 2.75) is 91.4 Å². The third-order valence-electron chi connectivity index (χ3n) is 2.83. The van der Waals surface area contributed by atoms with Crippen LogP contribution in [0.5, 0.6) is 0 Å². The summed E-state index contributed by atoms with van der Waals surface area (Å²) < 4.78 is 0. The Morgan fingerprint density at radius 2 is 1.37 bits per heavy atom. The summed E-state index contributed by atoms with van der Waals surface area (Å²) in [4.78, 5) is 10.0. The van der Waals surface area contributed by atoms with Crippen molar-refractivity contribution in [1.82, 2.24) is 0 Å². The number of carbonyl (C=O) groups excluding carboxylic acids is 1. The number of carboxylic acid groups (broad SMARTS) is 1. The minimum atomic E-state index is -0.913. The van der Waals surface area contributed by atoms with Gasteiger partial charge in [0.05, 0.1) is 0 Å². The van der Waals surface area contributed by atoms with Crippen LogP contribution >= 0.6 is 0 Å². The van der Waals surface area contributed by atoms with Crippen LogP contribution in [0.3, 0.4) is 0 Å². The molecule has 0 N–H and O–H groups in total. The van der Waals surface area contributed by atoms with Crippen LogP contribution in [0.25, 0.3) is 0 Å². The van der Waals surface area contributed by atoms with Crippen LogP contribution < -0.4 is 5.11 Å². The van der Waals surface area contributed by atoms with E-state index in [1.165, 1.54) is 51.4 Å². The molecule has 0 fully saturated rings. The van der Waals surface area contributed by atoms with Crippen LogP contribution in [-0.4, -0.2) is 5.97 Å². The minimum Gasteiger partial charge on any atom is -0.550 e. The van der Waals surface area contributed by atoms with Crippen molar-refractivity contribution >= 4 is 5.97 Å². The average molecular weight is 322 g/mol. The summed E-state index contributed by atoms with van der Waals surface area (Å²) >= 11 is 0. The van der Waals surface area contributed by atoms with Crippen LogP contribution in [0.4, 0.5) is 0 Å². The molecule has 0 saturated heterocycles. The molecular weight excluding hydrogens is 290 g/mol. The molecule has 0 saturated carbocycles. The summed E-state index contributed by atoms with van der Waals surface area (Å²) in [6, 6.07) is 0. The number of hydrogen-bond donors (Lipinski definition) is 0. The van der Waals surface area contributed by atoms with E-state index in [4.69, 9.17) is 0 Å². The maximum absolute atomic E-state index is 10.0. The van der Waals surface area contributed by atoms with Crippen molar-refractivity contribution in [1.29, 1.82) is 0 Å². The quantitative estimate of drug-likeness (QED) is 0.324. The van der Waals surface area contributed by atoms with E-state index in [-0.39, 0.29) is 25.9 Å². The van der Waals surface area contributed by atoms with Gasteiger partial charge in [-0.25, -0.2) is 0 Å². The average Bonchev–Trinajstić information content (AvgIpc) is 2.36. The topological polar surface area (TPSA) is 40.1 Å². The van der Waals surface area contributed by atoms with E-state index >= 15 is 0 Å². The van der Waals surface area contributed by atoms with Crippen molar-refractivity contribution in [2.75, 3.05) is 0 Å². The zero-order valence-electron chi connectivity index (χ0n) is 13.4. The molecule has 0 atom stereocenters. The van der Waals surface area contributed by atoms with E-state index in [0.717, 1.165) is 12.8 Å². The molecule has 3 heteroatoms. The Balaban J connectivity index is -0.000000313. The van der Waals surface area contributed by atoms with Crippen LogP contribution in [0.15, 0.2) is 0 Å². The normalized spacial score (nSPS) is 9.21. The zero-order valence-corrected chi connectivity index (χ0v) is 16.3.